The molecule has 92 valence electrons. The van der Waals surface area contributed by atoms with Crippen molar-refractivity contribution in [3.63, 3.8) is 0 Å². The Balaban J connectivity index is 1.83. The minimum Gasteiger partial charge on any atom is -0.370 e. The van der Waals surface area contributed by atoms with Gasteiger partial charge in [-0.25, -0.2) is 4.99 Å². The van der Waals surface area contributed by atoms with Crippen molar-refractivity contribution < 1.29 is 0 Å². The zero-order valence-electron chi connectivity index (χ0n) is 10.5. The molecule has 16 heavy (non-hydrogen) atoms. The number of likely N-dealkylation sites (tertiary alicyclic amines) is 1. The van der Waals surface area contributed by atoms with Gasteiger partial charge in [-0.05, 0) is 38.8 Å². The van der Waals surface area contributed by atoms with Crippen LogP contribution in [0.25, 0.3) is 0 Å². The van der Waals surface area contributed by atoms with Gasteiger partial charge in [-0.3, -0.25) is 4.90 Å². The van der Waals surface area contributed by atoms with E-state index in [1.165, 1.54) is 32.2 Å². The maximum Gasteiger partial charge on any atom is 0.191 e. The fourth-order valence-electron chi connectivity index (χ4n) is 2.42. The Labute approximate surface area is 98.5 Å². The lowest BCUT2D eigenvalue weighted by Crippen LogP contribution is -2.44. The Bertz CT molecular complexity index is 260. The predicted octanol–water partition coefficient (Wildman–Crippen LogP) is 0.880. The second kappa shape index (κ2) is 5.04. The van der Waals surface area contributed by atoms with E-state index >= 15 is 0 Å². The van der Waals surface area contributed by atoms with E-state index in [1.807, 2.05) is 0 Å². The van der Waals surface area contributed by atoms with Crippen LogP contribution in [-0.2, 0) is 0 Å². The Morgan fingerprint density at radius 2 is 2.19 bits per heavy atom. The molecule has 0 spiro atoms. The smallest absolute Gasteiger partial charge is 0.191 e. The lowest BCUT2D eigenvalue weighted by atomic mass is 10.2. The van der Waals surface area contributed by atoms with Gasteiger partial charge in [-0.2, -0.15) is 0 Å². The van der Waals surface area contributed by atoms with E-state index in [1.54, 1.807) is 0 Å². The molecule has 1 aliphatic carbocycles. The number of nitrogens with zero attached hydrogens (tertiary/aromatic N) is 3. The average molecular weight is 224 g/mol. The van der Waals surface area contributed by atoms with E-state index in [9.17, 15) is 0 Å². The Morgan fingerprint density at radius 1 is 1.44 bits per heavy atom. The first-order valence-corrected chi connectivity index (χ1v) is 6.49. The number of aliphatic imine (C=N–C) groups is 1. The maximum atomic E-state index is 5.98. The molecule has 1 aliphatic heterocycles. The van der Waals surface area contributed by atoms with Gasteiger partial charge in [0.1, 0.15) is 0 Å². The number of guanidine groups is 1. The Hall–Kier alpha value is -0.770. The molecule has 0 aromatic heterocycles. The lowest BCUT2D eigenvalue weighted by molar-refractivity contribution is 0.234. The number of rotatable bonds is 4. The quantitative estimate of drug-likeness (QED) is 0.569. The lowest BCUT2D eigenvalue weighted by Gasteiger charge is -2.28. The van der Waals surface area contributed by atoms with Crippen LogP contribution in [0.4, 0.5) is 0 Å². The maximum absolute atomic E-state index is 5.98. The van der Waals surface area contributed by atoms with Crippen molar-refractivity contribution in [3.05, 3.63) is 0 Å². The summed E-state index contributed by atoms with van der Waals surface area (Å²) in [6, 6.07) is 1.19. The van der Waals surface area contributed by atoms with E-state index in [4.69, 9.17) is 5.73 Å². The molecule has 1 atom stereocenters. The highest BCUT2D eigenvalue weighted by Gasteiger charge is 2.25. The molecule has 0 aromatic carbocycles. The number of likely N-dealkylation sites (N-methyl/N-ethyl adjacent to an activating group) is 2. The normalized spacial score (nSPS) is 27.4. The summed E-state index contributed by atoms with van der Waals surface area (Å²) >= 11 is 0. The molecule has 0 amide bonds. The van der Waals surface area contributed by atoms with Crippen molar-refractivity contribution in [2.75, 3.05) is 26.7 Å². The third kappa shape index (κ3) is 2.88. The minimum absolute atomic E-state index is 0.522. The third-order valence-corrected chi connectivity index (χ3v) is 3.64. The van der Waals surface area contributed by atoms with Crippen molar-refractivity contribution in [1.82, 2.24) is 9.80 Å². The summed E-state index contributed by atoms with van der Waals surface area (Å²) in [5, 5.41) is 0. The van der Waals surface area contributed by atoms with Crippen molar-refractivity contribution >= 4 is 5.96 Å². The van der Waals surface area contributed by atoms with Crippen molar-refractivity contribution in [2.45, 2.75) is 44.7 Å². The van der Waals surface area contributed by atoms with Gasteiger partial charge in [0.15, 0.2) is 5.96 Å². The Morgan fingerprint density at radius 3 is 2.81 bits per heavy atom. The molecule has 1 unspecified atom stereocenters. The standard InChI is InChI=1S/C12H24N4/c1-3-16-8-4-5-11(16)9-15(2)12(13)14-10-6-7-10/h10-11H,3-9H2,1-2H3,(H2,13,14). The highest BCUT2D eigenvalue weighted by atomic mass is 15.3. The first-order chi connectivity index (χ1) is 7.70. The van der Waals surface area contributed by atoms with Crippen LogP contribution in [0, 0.1) is 0 Å². The van der Waals surface area contributed by atoms with Gasteiger partial charge < -0.3 is 10.6 Å². The molecule has 2 N–H and O–H groups in total. The summed E-state index contributed by atoms with van der Waals surface area (Å²) in [5.74, 6) is 0.727. The molecule has 1 saturated carbocycles. The van der Waals surface area contributed by atoms with Crippen LogP contribution in [0.3, 0.4) is 0 Å². The van der Waals surface area contributed by atoms with Gasteiger partial charge in [0.25, 0.3) is 0 Å². The zero-order valence-corrected chi connectivity index (χ0v) is 10.5. The first kappa shape index (κ1) is 11.7. The van der Waals surface area contributed by atoms with Crippen LogP contribution in [-0.4, -0.2) is 54.5 Å². The highest BCUT2D eigenvalue weighted by Crippen LogP contribution is 2.23. The second-order valence-electron chi connectivity index (χ2n) is 5.02. The molecule has 0 bridgehead atoms. The van der Waals surface area contributed by atoms with Gasteiger partial charge in [0.2, 0.25) is 0 Å². The minimum atomic E-state index is 0.522. The van der Waals surface area contributed by atoms with Crippen LogP contribution in [0.5, 0.6) is 0 Å². The van der Waals surface area contributed by atoms with Crippen molar-refractivity contribution in [1.29, 1.82) is 0 Å². The van der Waals surface area contributed by atoms with Gasteiger partial charge in [-0.15, -0.1) is 0 Å². The molecule has 4 nitrogen and oxygen atoms in total. The molecule has 4 heteroatoms. The summed E-state index contributed by atoms with van der Waals surface area (Å²) in [6.07, 6.45) is 5.07. The van der Waals surface area contributed by atoms with Crippen LogP contribution in [0.15, 0.2) is 4.99 Å². The third-order valence-electron chi connectivity index (χ3n) is 3.64. The van der Waals surface area contributed by atoms with Gasteiger partial charge in [-0.1, -0.05) is 6.92 Å². The molecule has 0 aromatic rings. The number of hydrogen-bond acceptors (Lipinski definition) is 2. The second-order valence-corrected chi connectivity index (χ2v) is 5.02. The Kier molecular flexibility index (Phi) is 3.69. The van der Waals surface area contributed by atoms with Crippen molar-refractivity contribution in [3.8, 4) is 0 Å². The van der Waals surface area contributed by atoms with Crippen LogP contribution in [0.2, 0.25) is 0 Å². The van der Waals surface area contributed by atoms with E-state index in [0.717, 1.165) is 19.0 Å². The highest BCUT2D eigenvalue weighted by molar-refractivity contribution is 5.78. The summed E-state index contributed by atoms with van der Waals surface area (Å²) in [6.45, 7) is 5.66. The zero-order chi connectivity index (χ0) is 11.5. The molecule has 0 radical (unpaired) electrons. The molecule has 2 rings (SSSR count). The largest absolute Gasteiger partial charge is 0.370 e. The van der Waals surface area contributed by atoms with Gasteiger partial charge in [0.05, 0.1) is 6.04 Å². The van der Waals surface area contributed by atoms with Crippen LogP contribution in [0.1, 0.15) is 32.6 Å². The SMILES string of the molecule is CCN1CCCC1CN(C)C(N)=NC1CC1. The van der Waals surface area contributed by atoms with E-state index < -0.39 is 0 Å². The van der Waals surface area contributed by atoms with Crippen LogP contribution >= 0.6 is 0 Å². The summed E-state index contributed by atoms with van der Waals surface area (Å²) in [4.78, 5) is 9.15. The monoisotopic (exact) mass is 224 g/mol. The molecular weight excluding hydrogens is 200 g/mol. The van der Waals surface area contributed by atoms with Gasteiger partial charge in [0, 0.05) is 19.6 Å². The van der Waals surface area contributed by atoms with Gasteiger partial charge >= 0.3 is 0 Å². The number of hydrogen-bond donors (Lipinski definition) is 1. The summed E-state index contributed by atoms with van der Waals surface area (Å²) in [5.41, 5.74) is 5.98. The summed E-state index contributed by atoms with van der Waals surface area (Å²) in [7, 11) is 2.06. The fourth-order valence-corrected chi connectivity index (χ4v) is 2.42. The fraction of sp³-hybridized carbons (Fsp3) is 0.917. The number of nitrogens with two attached hydrogens (primary N) is 1. The van der Waals surface area contributed by atoms with E-state index in [0.29, 0.717) is 12.1 Å². The molecule has 2 aliphatic rings. The molecule has 1 saturated heterocycles. The predicted molar refractivity (Wildman–Crippen MR) is 67.5 cm³/mol. The van der Waals surface area contributed by atoms with E-state index in [2.05, 4.69) is 28.8 Å². The average Bonchev–Trinajstić information content (AvgIpc) is 2.96. The molecule has 2 fully saturated rings. The summed E-state index contributed by atoms with van der Waals surface area (Å²) < 4.78 is 0. The molecule has 1 heterocycles. The van der Waals surface area contributed by atoms with E-state index in [-0.39, 0.29) is 0 Å². The van der Waals surface area contributed by atoms with Crippen LogP contribution < -0.4 is 5.73 Å². The topological polar surface area (TPSA) is 44.9 Å². The van der Waals surface area contributed by atoms with Crippen molar-refractivity contribution in [2.24, 2.45) is 10.7 Å². The first-order valence-electron chi connectivity index (χ1n) is 6.49. The molecular formula is C12H24N4.